The first-order valence-electron chi connectivity index (χ1n) is 13.2. The van der Waals surface area contributed by atoms with Gasteiger partial charge in [-0.1, -0.05) is 72.5 Å². The Balaban J connectivity index is -0.0000000968. The van der Waals surface area contributed by atoms with E-state index in [2.05, 4.69) is 23.7 Å². The maximum absolute atomic E-state index is 10.9. The number of rotatable bonds is 4. The molecule has 0 N–H and O–H groups in total. The van der Waals surface area contributed by atoms with Gasteiger partial charge in [-0.3, -0.25) is 31.0 Å². The quantitative estimate of drug-likeness (QED) is 0.0697. The zero-order chi connectivity index (χ0) is 33.1. The molecule has 3 unspecified atom stereocenters. The van der Waals surface area contributed by atoms with Crippen LogP contribution in [-0.4, -0.2) is 23.1 Å². The SMILES string of the molecule is C#Cc1cccc(C(C)=O)c1.C#Cc1ccccc1C(C)=O.P.P.P.[Au+].[Au+].[Au].[C-]#Cc1cccc(C(C)=O)c1.[C-]#Cc1ccccc1C(C)=O.[Y]. The first-order chi connectivity index (χ1) is 21.0. The van der Waals surface area contributed by atoms with Crippen molar-refractivity contribution in [3.8, 4) is 36.5 Å². The zero-order valence-electron chi connectivity index (χ0n) is 28.6. The molecule has 274 valence electrons. The summed E-state index contributed by atoms with van der Waals surface area (Å²) in [5.74, 6) is 9.40. The topological polar surface area (TPSA) is 68.3 Å². The van der Waals surface area contributed by atoms with Gasteiger partial charge in [-0.05, 0) is 51.5 Å². The fraction of sp³-hybridized carbons (Fsp3) is 0.100. The third-order valence-corrected chi connectivity index (χ3v) is 5.75. The average Bonchev–Trinajstić information content (AvgIpc) is 3.05. The van der Waals surface area contributed by atoms with E-state index in [1.54, 1.807) is 91.0 Å². The second kappa shape index (κ2) is 36.8. The molecule has 4 nitrogen and oxygen atoms in total. The molecule has 0 fully saturated rings. The maximum Gasteiger partial charge on any atom is 1.00 e. The van der Waals surface area contributed by atoms with Gasteiger partial charge >= 0.3 is 44.8 Å². The van der Waals surface area contributed by atoms with Gasteiger partial charge in [0, 0.05) is 82.9 Å². The normalized spacial score (nSPS) is 7.53. The number of terminal acetylenes is 2. The number of hydrogen-bond donors (Lipinski definition) is 0. The van der Waals surface area contributed by atoms with E-state index in [0.29, 0.717) is 38.9 Å². The van der Waals surface area contributed by atoms with Crippen LogP contribution in [0.15, 0.2) is 97.1 Å². The molecule has 0 aliphatic rings. The minimum Gasteiger partial charge on any atom is -0.366 e. The summed E-state index contributed by atoms with van der Waals surface area (Å²) in [5.41, 5.74) is 5.08. The Morgan fingerprint density at radius 3 is 1.20 bits per heavy atom. The standard InChI is InChI=1S/C10H8O.C10H7O.C10H8O.C10H7O.3Au.3H3P.Y/c2*1-3-9-5-4-6-10(7-9)8(2)11;2*1-3-9-6-4-5-7-10(9)8(2)11;;;;;;;/h1,4-7H,2H3;4-7H,2H3;1,4-7H,2H3;4-7H,2H3;;;;3*1H3;/q;-1;;-1;;2*+1;;;;. The van der Waals surface area contributed by atoms with E-state index in [-0.39, 0.29) is 153 Å². The van der Waals surface area contributed by atoms with Crippen LogP contribution in [0.3, 0.4) is 0 Å². The van der Waals surface area contributed by atoms with Crippen LogP contribution in [0.5, 0.6) is 0 Å². The molecule has 0 spiro atoms. The van der Waals surface area contributed by atoms with Gasteiger partial charge in [0.1, 0.15) is 5.78 Å². The average molecular weight is 1360 g/mol. The van der Waals surface area contributed by atoms with Crippen LogP contribution in [-0.2, 0) is 99.8 Å². The minimum atomic E-state index is -0.0275. The summed E-state index contributed by atoms with van der Waals surface area (Å²) >= 11 is 0. The maximum atomic E-state index is 10.9. The van der Waals surface area contributed by atoms with Crippen LogP contribution in [0.25, 0.3) is 0 Å². The van der Waals surface area contributed by atoms with Crippen LogP contribution in [0, 0.1) is 49.4 Å². The second-order valence-corrected chi connectivity index (χ2v) is 9.02. The van der Waals surface area contributed by atoms with Gasteiger partial charge < -0.3 is 12.8 Å². The Hall–Kier alpha value is -1.59. The minimum absolute atomic E-state index is 0. The predicted molar refractivity (Wildman–Crippen MR) is 207 cm³/mol. The van der Waals surface area contributed by atoms with E-state index in [1.807, 2.05) is 6.07 Å². The summed E-state index contributed by atoms with van der Waals surface area (Å²) in [6.07, 6.45) is 24.0. The van der Waals surface area contributed by atoms with Crippen molar-refractivity contribution in [3.05, 3.63) is 154 Å². The molecular formula is C40H39Au3O4P3Y. The molecule has 0 bridgehead atoms. The molecule has 4 rings (SSSR count). The van der Waals surface area contributed by atoms with Crippen molar-refractivity contribution >= 4 is 52.8 Å². The summed E-state index contributed by atoms with van der Waals surface area (Å²) in [6.45, 7) is 6.02. The number of carbonyl (C=O) groups excluding carboxylic acids is 4. The second-order valence-electron chi connectivity index (χ2n) is 9.02. The first-order valence-corrected chi connectivity index (χ1v) is 13.2. The van der Waals surface area contributed by atoms with E-state index in [9.17, 15) is 19.2 Å². The molecule has 11 heteroatoms. The first kappa shape index (κ1) is 64.4. The van der Waals surface area contributed by atoms with Crippen molar-refractivity contribution < 1.29 is 119 Å². The molecule has 0 aromatic heterocycles. The molecule has 51 heavy (non-hydrogen) atoms. The third kappa shape index (κ3) is 25.1. The molecule has 0 saturated heterocycles. The summed E-state index contributed by atoms with van der Waals surface area (Å²) in [4.78, 5) is 43.5. The number of carbonyl (C=O) groups is 4. The molecule has 0 aliphatic heterocycles. The van der Waals surface area contributed by atoms with Crippen molar-refractivity contribution in [3.63, 3.8) is 0 Å². The van der Waals surface area contributed by atoms with Gasteiger partial charge in [-0.2, -0.15) is 29.7 Å². The van der Waals surface area contributed by atoms with Crippen LogP contribution in [0.1, 0.15) is 91.4 Å². The molecule has 4 aromatic rings. The Kier molecular flexibility index (Phi) is 46.4. The molecular weight excluding hydrogens is 1320 g/mol. The summed E-state index contributed by atoms with van der Waals surface area (Å²) in [7, 11) is 0. The van der Waals surface area contributed by atoms with E-state index in [4.69, 9.17) is 25.7 Å². The zero-order valence-corrected chi connectivity index (χ0v) is 42.2. The molecule has 3 atom stereocenters. The Labute approximate surface area is 386 Å². The van der Waals surface area contributed by atoms with Crippen LogP contribution < -0.4 is 0 Å². The Morgan fingerprint density at radius 1 is 0.510 bits per heavy atom. The van der Waals surface area contributed by atoms with E-state index in [1.165, 1.54) is 27.7 Å². The van der Waals surface area contributed by atoms with E-state index in [0.717, 1.165) is 5.56 Å². The molecule has 2 radical (unpaired) electrons. The van der Waals surface area contributed by atoms with Crippen LogP contribution >= 0.6 is 29.7 Å². The number of benzene rings is 4. The monoisotopic (exact) mass is 1360 g/mol. The van der Waals surface area contributed by atoms with Gasteiger partial charge in [0.15, 0.2) is 17.3 Å². The number of Topliss-reactive ketones (excluding diaryl/α,β-unsaturated/α-hetero) is 4. The summed E-state index contributed by atoms with van der Waals surface area (Å²) in [5, 5.41) is 0. The van der Waals surface area contributed by atoms with Crippen LogP contribution in [0.2, 0.25) is 0 Å². The van der Waals surface area contributed by atoms with Gasteiger partial charge in [0.2, 0.25) is 0 Å². The predicted octanol–water partition coefficient (Wildman–Crippen LogP) is 7.56. The van der Waals surface area contributed by atoms with Gasteiger partial charge in [-0.15, -0.1) is 42.2 Å². The van der Waals surface area contributed by atoms with Crippen molar-refractivity contribution in [1.29, 1.82) is 0 Å². The Bertz CT molecular complexity index is 1720. The number of ketones is 4. The van der Waals surface area contributed by atoms with E-state index < -0.39 is 0 Å². The van der Waals surface area contributed by atoms with E-state index >= 15 is 0 Å². The molecule has 0 aliphatic carbocycles. The number of hydrogen-bond acceptors (Lipinski definition) is 4. The van der Waals surface area contributed by atoms with Crippen LogP contribution in [0.4, 0.5) is 0 Å². The van der Waals surface area contributed by atoms with Crippen molar-refractivity contribution in [2.45, 2.75) is 27.7 Å². The van der Waals surface area contributed by atoms with Gasteiger partial charge in [-0.25, -0.2) is 0 Å². The fourth-order valence-electron chi connectivity index (χ4n) is 3.46. The fourth-order valence-corrected chi connectivity index (χ4v) is 3.46. The summed E-state index contributed by atoms with van der Waals surface area (Å²) in [6, 6.07) is 28.0. The molecule has 0 heterocycles. The summed E-state index contributed by atoms with van der Waals surface area (Å²) < 4.78 is 0. The smallest absolute Gasteiger partial charge is 0.366 e. The Morgan fingerprint density at radius 2 is 0.882 bits per heavy atom. The molecule has 4 aromatic carbocycles. The molecule has 0 amide bonds. The third-order valence-electron chi connectivity index (χ3n) is 5.75. The van der Waals surface area contributed by atoms with Crippen molar-refractivity contribution in [2.24, 2.45) is 0 Å². The van der Waals surface area contributed by atoms with Gasteiger partial charge in [0.05, 0.1) is 0 Å². The van der Waals surface area contributed by atoms with Crippen molar-refractivity contribution in [2.75, 3.05) is 0 Å². The largest absolute Gasteiger partial charge is 1.00 e. The van der Waals surface area contributed by atoms with Crippen molar-refractivity contribution in [1.82, 2.24) is 0 Å². The molecule has 0 saturated carbocycles. The van der Waals surface area contributed by atoms with Gasteiger partial charge in [0.25, 0.3) is 0 Å².